The highest BCUT2D eigenvalue weighted by Crippen LogP contribution is 2.27. The van der Waals surface area contributed by atoms with Crippen LogP contribution < -0.4 is 5.73 Å². The lowest BCUT2D eigenvalue weighted by Gasteiger charge is -2.31. The molecule has 0 unspecified atom stereocenters. The zero-order valence-corrected chi connectivity index (χ0v) is 14.4. The smallest absolute Gasteiger partial charge is 0.323 e. The van der Waals surface area contributed by atoms with Gasteiger partial charge in [-0.05, 0) is 43.7 Å². The first-order chi connectivity index (χ1) is 11.0. The van der Waals surface area contributed by atoms with Crippen molar-refractivity contribution in [2.75, 3.05) is 6.61 Å². The molecular weight excluding hydrogens is 294 g/mol. The maximum absolute atomic E-state index is 12.0. The van der Waals surface area contributed by atoms with Gasteiger partial charge in [0.05, 0.1) is 12.4 Å². The van der Waals surface area contributed by atoms with Gasteiger partial charge in [0.1, 0.15) is 17.9 Å². The van der Waals surface area contributed by atoms with E-state index in [1.807, 2.05) is 19.1 Å². The summed E-state index contributed by atoms with van der Waals surface area (Å²) in [5.74, 6) is 1.29. The summed E-state index contributed by atoms with van der Waals surface area (Å²) in [5, 5.41) is 0. The number of carbonyl (C=O) groups excluding carboxylic acids is 1. The molecule has 2 heterocycles. The van der Waals surface area contributed by atoms with Gasteiger partial charge in [0.2, 0.25) is 0 Å². The molecule has 2 rings (SSSR count). The fourth-order valence-electron chi connectivity index (χ4n) is 3.08. The normalized spacial score (nSPS) is 29.7. The molecule has 1 fully saturated rings. The summed E-state index contributed by atoms with van der Waals surface area (Å²) in [6, 6.07) is 3.34. The average Bonchev–Trinajstić information content (AvgIpc) is 2.99. The first-order valence-electron chi connectivity index (χ1n) is 8.57. The topological polar surface area (TPSA) is 74.7 Å². The Labute approximate surface area is 138 Å². The number of nitrogens with two attached hydrogens (primary N) is 1. The largest absolute Gasteiger partial charge is 0.469 e. The van der Waals surface area contributed by atoms with Crippen molar-refractivity contribution in [2.45, 2.75) is 64.7 Å². The molecule has 5 heteroatoms. The van der Waals surface area contributed by atoms with Crippen molar-refractivity contribution in [1.29, 1.82) is 0 Å². The third kappa shape index (κ3) is 5.36. The number of hydrogen-bond donors (Lipinski definition) is 1. The molecular formula is C18H29NO4. The van der Waals surface area contributed by atoms with Crippen LogP contribution in [0.3, 0.4) is 0 Å². The lowest BCUT2D eigenvalue weighted by molar-refractivity contribution is -0.160. The standard InChI is InChI=1S/C18H29NO4/c1-12(2)11-22-17-13(3)23-18(20)16(19)8-4-6-14(17)10-15-7-5-9-21-15/h5,7,9,12-14,16-17H,4,6,8,10-11,19H2,1-3H3/t13-,14+,16-,17-/m0/s1. The molecule has 0 bridgehead atoms. The van der Waals surface area contributed by atoms with E-state index in [9.17, 15) is 4.79 Å². The van der Waals surface area contributed by atoms with Crippen LogP contribution in [0.25, 0.3) is 0 Å². The molecule has 0 spiro atoms. The summed E-state index contributed by atoms with van der Waals surface area (Å²) in [7, 11) is 0. The monoisotopic (exact) mass is 323 g/mol. The Balaban J connectivity index is 2.15. The van der Waals surface area contributed by atoms with Gasteiger partial charge in [-0.1, -0.05) is 20.3 Å². The van der Waals surface area contributed by atoms with Crippen molar-refractivity contribution >= 4 is 5.97 Å². The molecule has 0 aromatic carbocycles. The molecule has 1 aliphatic heterocycles. The van der Waals surface area contributed by atoms with E-state index in [4.69, 9.17) is 19.6 Å². The summed E-state index contributed by atoms with van der Waals surface area (Å²) in [6.07, 6.45) is 4.49. The van der Waals surface area contributed by atoms with Crippen LogP contribution >= 0.6 is 0 Å². The minimum atomic E-state index is -0.537. The van der Waals surface area contributed by atoms with Crippen LogP contribution in [0.5, 0.6) is 0 Å². The predicted octanol–water partition coefficient (Wildman–Crippen LogP) is 2.92. The highest BCUT2D eigenvalue weighted by Gasteiger charge is 2.34. The van der Waals surface area contributed by atoms with Crippen molar-refractivity contribution in [3.8, 4) is 0 Å². The van der Waals surface area contributed by atoms with Gasteiger partial charge < -0.3 is 19.6 Å². The SMILES string of the molecule is CC(C)CO[C@@H]1[C@@H](Cc2ccco2)CCC[C@H](N)C(=O)O[C@H]1C. The van der Waals surface area contributed by atoms with E-state index in [0.717, 1.165) is 25.0 Å². The van der Waals surface area contributed by atoms with Gasteiger partial charge >= 0.3 is 5.97 Å². The van der Waals surface area contributed by atoms with E-state index in [1.165, 1.54) is 0 Å². The van der Waals surface area contributed by atoms with Gasteiger partial charge in [-0.25, -0.2) is 0 Å². The molecule has 2 N–H and O–H groups in total. The molecule has 4 atom stereocenters. The van der Waals surface area contributed by atoms with E-state index in [-0.39, 0.29) is 24.1 Å². The average molecular weight is 323 g/mol. The molecule has 0 saturated carbocycles. The molecule has 1 saturated heterocycles. The van der Waals surface area contributed by atoms with Gasteiger partial charge in [-0.3, -0.25) is 4.79 Å². The Kier molecular flexibility index (Phi) is 6.66. The molecule has 1 aromatic heterocycles. The Bertz CT molecular complexity index is 471. The second kappa shape index (κ2) is 8.50. The maximum Gasteiger partial charge on any atom is 0.323 e. The van der Waals surface area contributed by atoms with Crippen LogP contribution in [0, 0.1) is 11.8 Å². The number of ether oxygens (including phenoxy) is 2. The Hall–Kier alpha value is -1.33. The highest BCUT2D eigenvalue weighted by molar-refractivity contribution is 5.75. The van der Waals surface area contributed by atoms with Crippen LogP contribution in [0.4, 0.5) is 0 Å². The number of rotatable bonds is 5. The third-order valence-corrected chi connectivity index (χ3v) is 4.29. The minimum absolute atomic E-state index is 0.142. The van der Waals surface area contributed by atoms with Crippen LogP contribution in [0.2, 0.25) is 0 Å². The first kappa shape index (κ1) is 18.0. The summed E-state index contributed by atoms with van der Waals surface area (Å²) in [4.78, 5) is 12.0. The molecule has 1 aromatic rings. The van der Waals surface area contributed by atoms with Crippen molar-refractivity contribution in [2.24, 2.45) is 17.6 Å². The van der Waals surface area contributed by atoms with Gasteiger partial charge in [0, 0.05) is 13.0 Å². The lowest BCUT2D eigenvalue weighted by atomic mass is 9.88. The molecule has 0 aliphatic carbocycles. The fourth-order valence-corrected chi connectivity index (χ4v) is 3.08. The molecule has 5 nitrogen and oxygen atoms in total. The summed E-state index contributed by atoms with van der Waals surface area (Å²) in [5.41, 5.74) is 5.89. The third-order valence-electron chi connectivity index (χ3n) is 4.29. The minimum Gasteiger partial charge on any atom is -0.469 e. The Morgan fingerprint density at radius 2 is 2.17 bits per heavy atom. The lowest BCUT2D eigenvalue weighted by Crippen LogP contribution is -2.41. The Morgan fingerprint density at radius 3 is 2.83 bits per heavy atom. The molecule has 23 heavy (non-hydrogen) atoms. The molecule has 0 radical (unpaired) electrons. The number of furan rings is 1. The fraction of sp³-hybridized carbons (Fsp3) is 0.722. The second-order valence-corrected chi connectivity index (χ2v) is 6.91. The summed E-state index contributed by atoms with van der Waals surface area (Å²) >= 11 is 0. The van der Waals surface area contributed by atoms with Crippen LogP contribution in [0.1, 0.15) is 45.8 Å². The van der Waals surface area contributed by atoms with Crippen molar-refractivity contribution in [3.63, 3.8) is 0 Å². The zero-order valence-electron chi connectivity index (χ0n) is 14.4. The van der Waals surface area contributed by atoms with Crippen LogP contribution in [-0.4, -0.2) is 30.8 Å². The molecule has 1 aliphatic rings. The molecule has 0 amide bonds. The Morgan fingerprint density at radius 1 is 1.39 bits per heavy atom. The van der Waals surface area contributed by atoms with Gasteiger partial charge in [-0.2, -0.15) is 0 Å². The quantitative estimate of drug-likeness (QED) is 0.843. The predicted molar refractivity (Wildman–Crippen MR) is 87.9 cm³/mol. The van der Waals surface area contributed by atoms with Gasteiger partial charge in [0.15, 0.2) is 0 Å². The van der Waals surface area contributed by atoms with Crippen LogP contribution in [-0.2, 0) is 20.7 Å². The van der Waals surface area contributed by atoms with E-state index >= 15 is 0 Å². The van der Waals surface area contributed by atoms with Gasteiger partial charge in [-0.15, -0.1) is 0 Å². The number of esters is 1. The molecule has 130 valence electrons. The van der Waals surface area contributed by atoms with Crippen molar-refractivity contribution in [1.82, 2.24) is 0 Å². The maximum atomic E-state index is 12.0. The number of cyclic esters (lactones) is 1. The van der Waals surface area contributed by atoms with Crippen molar-refractivity contribution < 1.29 is 18.7 Å². The summed E-state index contributed by atoms with van der Waals surface area (Å²) < 4.78 is 17.2. The zero-order chi connectivity index (χ0) is 16.8. The summed E-state index contributed by atoms with van der Waals surface area (Å²) in [6.45, 7) is 6.77. The number of carbonyl (C=O) groups is 1. The van der Waals surface area contributed by atoms with E-state index in [2.05, 4.69) is 13.8 Å². The second-order valence-electron chi connectivity index (χ2n) is 6.91. The first-order valence-corrected chi connectivity index (χ1v) is 8.57. The van der Waals surface area contributed by atoms with Crippen molar-refractivity contribution in [3.05, 3.63) is 24.2 Å². The van der Waals surface area contributed by atoms with Crippen LogP contribution in [0.15, 0.2) is 22.8 Å². The van der Waals surface area contributed by atoms with Gasteiger partial charge in [0.25, 0.3) is 0 Å². The highest BCUT2D eigenvalue weighted by atomic mass is 16.6. The number of hydrogen-bond acceptors (Lipinski definition) is 5. The van der Waals surface area contributed by atoms with E-state index < -0.39 is 6.04 Å². The van der Waals surface area contributed by atoms with E-state index in [1.54, 1.807) is 6.26 Å². The van der Waals surface area contributed by atoms with E-state index in [0.29, 0.717) is 18.9 Å².